The molecule has 0 saturated carbocycles. The highest BCUT2D eigenvalue weighted by Crippen LogP contribution is 2.17. The highest BCUT2D eigenvalue weighted by atomic mass is 16.5. The van der Waals surface area contributed by atoms with Crippen LogP contribution in [-0.2, 0) is 11.2 Å². The number of aldehydes is 1. The Morgan fingerprint density at radius 3 is 2.57 bits per heavy atom. The van der Waals surface area contributed by atoms with Crippen LogP contribution < -0.4 is 14.8 Å². The Morgan fingerprint density at radius 1 is 1.13 bits per heavy atom. The number of carbonyl (C=O) groups is 2. The fourth-order valence-corrected chi connectivity index (χ4v) is 2.09. The summed E-state index contributed by atoms with van der Waals surface area (Å²) in [6.07, 6.45) is 1.44. The van der Waals surface area contributed by atoms with Crippen molar-refractivity contribution in [2.75, 3.05) is 20.3 Å². The Morgan fingerprint density at radius 2 is 1.87 bits per heavy atom. The molecular weight excluding hydrogens is 294 g/mol. The summed E-state index contributed by atoms with van der Waals surface area (Å²) in [6.45, 7) is 0.443. The van der Waals surface area contributed by atoms with Gasteiger partial charge < -0.3 is 14.8 Å². The summed E-state index contributed by atoms with van der Waals surface area (Å²) in [7, 11) is 1.63. The summed E-state index contributed by atoms with van der Waals surface area (Å²) in [5.74, 6) is 1.17. The minimum Gasteiger partial charge on any atom is -0.496 e. The number of amides is 1. The van der Waals surface area contributed by atoms with Crippen LogP contribution in [0, 0.1) is 0 Å². The Balaban J connectivity index is 1.73. The molecule has 1 amide bonds. The largest absolute Gasteiger partial charge is 0.496 e. The second-order valence-corrected chi connectivity index (χ2v) is 4.89. The monoisotopic (exact) mass is 313 g/mol. The molecule has 23 heavy (non-hydrogen) atoms. The lowest BCUT2D eigenvalue weighted by Gasteiger charge is -2.10. The molecular formula is C18H19NO4. The zero-order valence-electron chi connectivity index (χ0n) is 13.0. The molecule has 0 fully saturated rings. The summed E-state index contributed by atoms with van der Waals surface area (Å²) in [5, 5.41) is 2.80. The van der Waals surface area contributed by atoms with Crippen molar-refractivity contribution in [3.8, 4) is 11.5 Å². The van der Waals surface area contributed by atoms with Gasteiger partial charge in [0.1, 0.15) is 17.8 Å². The van der Waals surface area contributed by atoms with E-state index in [1.807, 2.05) is 24.3 Å². The Hall–Kier alpha value is -2.82. The predicted molar refractivity (Wildman–Crippen MR) is 87.0 cm³/mol. The lowest BCUT2D eigenvalue weighted by Crippen LogP contribution is -2.30. The van der Waals surface area contributed by atoms with Gasteiger partial charge in [0.05, 0.1) is 7.11 Å². The van der Waals surface area contributed by atoms with Crippen LogP contribution in [0.15, 0.2) is 48.5 Å². The van der Waals surface area contributed by atoms with E-state index in [2.05, 4.69) is 5.32 Å². The third-order valence-electron chi connectivity index (χ3n) is 3.30. The number of hydrogen-bond acceptors (Lipinski definition) is 4. The lowest BCUT2D eigenvalue weighted by atomic mass is 10.1. The van der Waals surface area contributed by atoms with E-state index in [1.54, 1.807) is 31.4 Å². The molecule has 0 aromatic heterocycles. The first-order valence-corrected chi connectivity index (χ1v) is 7.29. The standard InChI is InChI=1S/C18H19NO4/c1-22-17-5-3-2-4-15(17)10-11-19-18(21)13-23-16-8-6-14(12-20)7-9-16/h2-9,12H,10-11,13H2,1H3,(H,19,21). The van der Waals surface area contributed by atoms with E-state index in [0.29, 0.717) is 24.3 Å². The van der Waals surface area contributed by atoms with Gasteiger partial charge in [0.2, 0.25) is 0 Å². The predicted octanol–water partition coefficient (Wildman–Crippen LogP) is 2.25. The molecule has 0 radical (unpaired) electrons. The molecule has 5 nitrogen and oxygen atoms in total. The van der Waals surface area contributed by atoms with E-state index in [1.165, 1.54) is 0 Å². The fraction of sp³-hybridized carbons (Fsp3) is 0.222. The van der Waals surface area contributed by atoms with Gasteiger partial charge in [0.15, 0.2) is 6.61 Å². The van der Waals surface area contributed by atoms with Crippen LogP contribution in [0.1, 0.15) is 15.9 Å². The van der Waals surface area contributed by atoms with E-state index in [-0.39, 0.29) is 12.5 Å². The van der Waals surface area contributed by atoms with Crippen molar-refractivity contribution in [3.63, 3.8) is 0 Å². The number of ether oxygens (including phenoxy) is 2. The molecule has 0 atom stereocenters. The SMILES string of the molecule is COc1ccccc1CCNC(=O)COc1ccc(C=O)cc1. The van der Waals surface area contributed by atoms with E-state index in [0.717, 1.165) is 17.6 Å². The number of carbonyl (C=O) groups excluding carboxylic acids is 2. The van der Waals surface area contributed by atoms with Crippen LogP contribution in [0.3, 0.4) is 0 Å². The molecule has 5 heteroatoms. The van der Waals surface area contributed by atoms with Crippen LogP contribution in [0.2, 0.25) is 0 Å². The minimum absolute atomic E-state index is 0.0631. The molecule has 0 heterocycles. The highest BCUT2D eigenvalue weighted by Gasteiger charge is 2.05. The average Bonchev–Trinajstić information content (AvgIpc) is 2.61. The maximum absolute atomic E-state index is 11.8. The van der Waals surface area contributed by atoms with Crippen molar-refractivity contribution >= 4 is 12.2 Å². The van der Waals surface area contributed by atoms with Crippen molar-refractivity contribution in [2.45, 2.75) is 6.42 Å². The van der Waals surface area contributed by atoms with Gasteiger partial charge in [-0.15, -0.1) is 0 Å². The zero-order valence-corrected chi connectivity index (χ0v) is 13.0. The summed E-state index contributed by atoms with van der Waals surface area (Å²) in [5.41, 5.74) is 1.61. The van der Waals surface area contributed by atoms with Gasteiger partial charge in [0.25, 0.3) is 5.91 Å². The maximum atomic E-state index is 11.8. The molecule has 0 saturated heterocycles. The number of rotatable bonds is 8. The number of para-hydroxylation sites is 1. The summed E-state index contributed by atoms with van der Waals surface area (Å²) in [4.78, 5) is 22.3. The van der Waals surface area contributed by atoms with Gasteiger partial charge in [-0.05, 0) is 42.3 Å². The Bertz CT molecular complexity index is 652. The van der Waals surface area contributed by atoms with Gasteiger partial charge in [-0.3, -0.25) is 9.59 Å². The number of benzene rings is 2. The van der Waals surface area contributed by atoms with Gasteiger partial charge in [-0.2, -0.15) is 0 Å². The zero-order chi connectivity index (χ0) is 16.5. The molecule has 0 aliphatic carbocycles. The van der Waals surface area contributed by atoms with Gasteiger partial charge in [0, 0.05) is 12.1 Å². The lowest BCUT2D eigenvalue weighted by molar-refractivity contribution is -0.123. The third kappa shape index (κ3) is 5.14. The fourth-order valence-electron chi connectivity index (χ4n) is 2.09. The molecule has 0 aliphatic rings. The first-order valence-electron chi connectivity index (χ1n) is 7.29. The topological polar surface area (TPSA) is 64.6 Å². The van der Waals surface area contributed by atoms with Crippen LogP contribution in [0.5, 0.6) is 11.5 Å². The molecule has 1 N–H and O–H groups in total. The van der Waals surface area contributed by atoms with Crippen molar-refractivity contribution < 1.29 is 19.1 Å². The van der Waals surface area contributed by atoms with Crippen molar-refractivity contribution in [3.05, 3.63) is 59.7 Å². The summed E-state index contributed by atoms with van der Waals surface area (Å²) < 4.78 is 10.6. The molecule has 120 valence electrons. The van der Waals surface area contributed by atoms with Crippen molar-refractivity contribution in [1.29, 1.82) is 0 Å². The second kappa shape index (κ2) is 8.58. The summed E-state index contributed by atoms with van der Waals surface area (Å²) >= 11 is 0. The molecule has 0 spiro atoms. The van der Waals surface area contributed by atoms with E-state index < -0.39 is 0 Å². The highest BCUT2D eigenvalue weighted by molar-refractivity contribution is 5.77. The van der Waals surface area contributed by atoms with Crippen LogP contribution >= 0.6 is 0 Å². The Kier molecular flexibility index (Phi) is 6.17. The minimum atomic E-state index is -0.195. The summed E-state index contributed by atoms with van der Waals surface area (Å²) in [6, 6.07) is 14.3. The molecule has 2 aromatic rings. The van der Waals surface area contributed by atoms with Gasteiger partial charge in [-0.1, -0.05) is 18.2 Å². The van der Waals surface area contributed by atoms with Gasteiger partial charge in [-0.25, -0.2) is 0 Å². The molecule has 0 aliphatic heterocycles. The number of methoxy groups -OCH3 is 1. The molecule has 0 unspecified atom stereocenters. The van der Waals surface area contributed by atoms with E-state index in [9.17, 15) is 9.59 Å². The van der Waals surface area contributed by atoms with Crippen LogP contribution in [0.25, 0.3) is 0 Å². The maximum Gasteiger partial charge on any atom is 0.257 e. The molecule has 2 rings (SSSR count). The average molecular weight is 313 g/mol. The number of hydrogen-bond donors (Lipinski definition) is 1. The van der Waals surface area contributed by atoms with Crippen molar-refractivity contribution in [1.82, 2.24) is 5.32 Å². The second-order valence-electron chi connectivity index (χ2n) is 4.89. The van der Waals surface area contributed by atoms with Crippen LogP contribution in [0.4, 0.5) is 0 Å². The van der Waals surface area contributed by atoms with Gasteiger partial charge >= 0.3 is 0 Å². The third-order valence-corrected chi connectivity index (χ3v) is 3.30. The first kappa shape index (κ1) is 16.5. The van der Waals surface area contributed by atoms with E-state index in [4.69, 9.17) is 9.47 Å². The quantitative estimate of drug-likeness (QED) is 0.759. The van der Waals surface area contributed by atoms with Crippen LogP contribution in [-0.4, -0.2) is 32.5 Å². The smallest absolute Gasteiger partial charge is 0.257 e. The molecule has 0 bridgehead atoms. The normalized spacial score (nSPS) is 9.96. The molecule has 2 aromatic carbocycles. The number of nitrogens with one attached hydrogen (secondary N) is 1. The first-order chi connectivity index (χ1) is 11.2. The Labute approximate surface area is 135 Å². The van der Waals surface area contributed by atoms with E-state index >= 15 is 0 Å². The van der Waals surface area contributed by atoms with Crippen molar-refractivity contribution in [2.24, 2.45) is 0 Å².